The molecule has 7 heteroatoms. The lowest BCUT2D eigenvalue weighted by atomic mass is 9.95. The minimum atomic E-state index is -2.69. The van der Waals surface area contributed by atoms with Crippen molar-refractivity contribution in [2.75, 3.05) is 6.54 Å². The molecule has 1 aliphatic rings. The Kier molecular flexibility index (Phi) is 4.96. The first-order chi connectivity index (χ1) is 15.0. The fourth-order valence-corrected chi connectivity index (χ4v) is 4.60. The van der Waals surface area contributed by atoms with E-state index in [2.05, 4.69) is 15.3 Å². The number of benzene rings is 2. The van der Waals surface area contributed by atoms with Crippen LogP contribution in [0.15, 0.2) is 42.5 Å². The number of nitrogens with zero attached hydrogens (tertiary/aromatic N) is 2. The molecule has 2 aromatic carbocycles. The Balaban J connectivity index is 1.36. The van der Waals surface area contributed by atoms with Crippen LogP contribution in [0.25, 0.3) is 21.9 Å². The lowest BCUT2D eigenvalue weighted by molar-refractivity contribution is 0.0704. The van der Waals surface area contributed by atoms with E-state index in [9.17, 15) is 13.6 Å². The van der Waals surface area contributed by atoms with Gasteiger partial charge in [0.2, 0.25) is 0 Å². The van der Waals surface area contributed by atoms with E-state index >= 15 is 0 Å². The smallest absolute Gasteiger partial charge is 0.320 e. The zero-order valence-corrected chi connectivity index (χ0v) is 17.3. The van der Waals surface area contributed by atoms with Gasteiger partial charge in [0.25, 0.3) is 5.91 Å². The predicted octanol–water partition coefficient (Wildman–Crippen LogP) is 5.33. The summed E-state index contributed by atoms with van der Waals surface area (Å²) in [5.41, 5.74) is 5.15. The first-order valence-electron chi connectivity index (χ1n) is 10.7. The largest absolute Gasteiger partial charge is 0.358 e. The molecular weight excluding hydrogens is 398 g/mol. The van der Waals surface area contributed by atoms with Crippen molar-refractivity contribution < 1.29 is 13.6 Å². The molecule has 5 nitrogen and oxygen atoms in total. The van der Waals surface area contributed by atoms with Crippen molar-refractivity contribution in [3.8, 4) is 0 Å². The van der Waals surface area contributed by atoms with Crippen LogP contribution in [0, 0.1) is 0 Å². The van der Waals surface area contributed by atoms with E-state index in [1.54, 1.807) is 37.3 Å². The lowest BCUT2D eigenvalue weighted by Crippen LogP contribution is -2.28. The molecule has 2 aromatic heterocycles. The van der Waals surface area contributed by atoms with E-state index in [0.717, 1.165) is 28.3 Å². The van der Waals surface area contributed by atoms with E-state index in [0.29, 0.717) is 16.6 Å². The highest BCUT2D eigenvalue weighted by Gasteiger charge is 2.22. The fourth-order valence-electron chi connectivity index (χ4n) is 4.60. The van der Waals surface area contributed by atoms with Crippen LogP contribution in [0.4, 0.5) is 8.78 Å². The van der Waals surface area contributed by atoms with Gasteiger partial charge < -0.3 is 10.3 Å². The van der Waals surface area contributed by atoms with Crippen molar-refractivity contribution in [3.05, 3.63) is 65.1 Å². The predicted molar refractivity (Wildman–Crippen MR) is 117 cm³/mol. The number of aromatic amines is 1. The Morgan fingerprint density at radius 1 is 1.19 bits per heavy atom. The quantitative estimate of drug-likeness (QED) is 0.457. The summed E-state index contributed by atoms with van der Waals surface area (Å²) in [6.45, 7) is -0.674. The Hall–Kier alpha value is -3.22. The number of alkyl halides is 2. The molecule has 1 unspecified atom stereocenters. The van der Waals surface area contributed by atoms with Gasteiger partial charge in [0, 0.05) is 34.6 Å². The van der Waals surface area contributed by atoms with Crippen LogP contribution in [0.5, 0.6) is 0 Å². The number of para-hydroxylation sites is 2. The standard InChI is InChI=1S/C24H24F2N4O/c1-14(22-29-20-8-4-5-9-21(20)30(22)24(25)26)13-27-23(31)15-10-11-19-17(12-15)16-6-2-3-7-18(16)28-19/h4-5,8-12,14,24,28H,2-3,6-7,13H2,1H3,(H,27,31). The molecule has 4 aromatic rings. The third kappa shape index (κ3) is 3.48. The second-order valence-electron chi connectivity index (χ2n) is 8.27. The topological polar surface area (TPSA) is 62.7 Å². The molecule has 0 radical (unpaired) electrons. The van der Waals surface area contributed by atoms with Gasteiger partial charge in [-0.15, -0.1) is 0 Å². The maximum absolute atomic E-state index is 13.7. The molecular formula is C24H24F2N4O. The van der Waals surface area contributed by atoms with E-state index < -0.39 is 6.55 Å². The molecule has 1 aliphatic carbocycles. The number of carbonyl (C=O) groups excluding carboxylic acids is 1. The maximum atomic E-state index is 13.7. The number of imidazole rings is 1. The van der Waals surface area contributed by atoms with Gasteiger partial charge in [0.1, 0.15) is 5.82 Å². The van der Waals surface area contributed by atoms with Gasteiger partial charge in [-0.1, -0.05) is 19.1 Å². The summed E-state index contributed by atoms with van der Waals surface area (Å²) in [6.07, 6.45) is 4.43. The van der Waals surface area contributed by atoms with E-state index in [4.69, 9.17) is 0 Å². The van der Waals surface area contributed by atoms with Gasteiger partial charge in [0.15, 0.2) is 0 Å². The van der Waals surface area contributed by atoms with Crippen molar-refractivity contribution in [2.45, 2.75) is 45.1 Å². The lowest BCUT2D eigenvalue weighted by Gasteiger charge is -2.15. The second-order valence-corrected chi connectivity index (χ2v) is 8.27. The molecule has 2 N–H and O–H groups in total. The molecule has 2 heterocycles. The van der Waals surface area contributed by atoms with Crippen LogP contribution in [-0.4, -0.2) is 27.0 Å². The molecule has 1 amide bonds. The molecule has 0 spiro atoms. The number of hydrogen-bond donors (Lipinski definition) is 2. The van der Waals surface area contributed by atoms with Gasteiger partial charge >= 0.3 is 6.55 Å². The van der Waals surface area contributed by atoms with Crippen LogP contribution < -0.4 is 5.32 Å². The SMILES string of the molecule is CC(CNC(=O)c1ccc2[nH]c3c(c2c1)CCCC3)c1nc2ccccc2n1C(F)F. The average molecular weight is 422 g/mol. The summed E-state index contributed by atoms with van der Waals surface area (Å²) in [5.74, 6) is -0.306. The Morgan fingerprint density at radius 2 is 2.00 bits per heavy atom. The molecule has 31 heavy (non-hydrogen) atoms. The van der Waals surface area contributed by atoms with Crippen LogP contribution in [-0.2, 0) is 12.8 Å². The van der Waals surface area contributed by atoms with Crippen LogP contribution in [0.3, 0.4) is 0 Å². The van der Waals surface area contributed by atoms with Crippen molar-refractivity contribution in [3.63, 3.8) is 0 Å². The third-order valence-electron chi connectivity index (χ3n) is 6.19. The molecule has 0 fully saturated rings. The third-order valence-corrected chi connectivity index (χ3v) is 6.19. The number of aromatic nitrogens is 3. The van der Waals surface area contributed by atoms with Crippen LogP contribution in [0.2, 0.25) is 0 Å². The van der Waals surface area contributed by atoms with E-state index in [1.165, 1.54) is 24.1 Å². The van der Waals surface area contributed by atoms with Gasteiger partial charge in [0.05, 0.1) is 11.0 Å². The van der Waals surface area contributed by atoms with Crippen LogP contribution >= 0.6 is 0 Å². The highest BCUT2D eigenvalue weighted by atomic mass is 19.3. The Bertz CT molecular complexity index is 1270. The maximum Gasteiger partial charge on any atom is 0.320 e. The summed E-state index contributed by atoms with van der Waals surface area (Å²) >= 11 is 0. The monoisotopic (exact) mass is 422 g/mol. The highest BCUT2D eigenvalue weighted by molar-refractivity contribution is 5.99. The van der Waals surface area contributed by atoms with E-state index in [1.807, 2.05) is 12.1 Å². The summed E-state index contributed by atoms with van der Waals surface area (Å²) in [7, 11) is 0. The zero-order chi connectivity index (χ0) is 21.5. The van der Waals surface area contributed by atoms with Gasteiger partial charge in [-0.05, 0) is 61.6 Å². The van der Waals surface area contributed by atoms with Crippen molar-refractivity contribution in [1.29, 1.82) is 0 Å². The average Bonchev–Trinajstić information content (AvgIpc) is 3.35. The fraction of sp³-hybridized carbons (Fsp3) is 0.333. The number of amides is 1. The van der Waals surface area contributed by atoms with Crippen molar-refractivity contribution in [1.82, 2.24) is 19.9 Å². The van der Waals surface area contributed by atoms with Crippen molar-refractivity contribution >= 4 is 27.8 Å². The zero-order valence-electron chi connectivity index (χ0n) is 17.3. The number of carbonyl (C=O) groups is 1. The molecule has 0 saturated carbocycles. The first-order valence-corrected chi connectivity index (χ1v) is 10.7. The number of halogens is 2. The molecule has 1 atom stereocenters. The number of fused-ring (bicyclic) bond motifs is 4. The summed E-state index contributed by atoms with van der Waals surface area (Å²) < 4.78 is 28.4. The minimum Gasteiger partial charge on any atom is -0.358 e. The molecule has 5 rings (SSSR count). The second kappa shape index (κ2) is 7.80. The summed E-state index contributed by atoms with van der Waals surface area (Å²) in [5, 5.41) is 4.00. The number of aryl methyl sites for hydroxylation is 2. The van der Waals surface area contributed by atoms with Gasteiger partial charge in [-0.25, -0.2) is 4.98 Å². The normalized spacial score (nSPS) is 14.8. The van der Waals surface area contributed by atoms with Crippen molar-refractivity contribution in [2.24, 2.45) is 0 Å². The van der Waals surface area contributed by atoms with Crippen LogP contribution in [0.1, 0.15) is 59.7 Å². The van der Waals surface area contributed by atoms with Gasteiger partial charge in [-0.2, -0.15) is 8.78 Å². The molecule has 160 valence electrons. The summed E-state index contributed by atoms with van der Waals surface area (Å²) in [4.78, 5) is 20.7. The molecule has 0 bridgehead atoms. The number of hydrogen-bond acceptors (Lipinski definition) is 2. The highest BCUT2D eigenvalue weighted by Crippen LogP contribution is 2.30. The number of rotatable bonds is 5. The molecule has 0 saturated heterocycles. The number of H-pyrrole nitrogens is 1. The van der Waals surface area contributed by atoms with Gasteiger partial charge in [-0.3, -0.25) is 9.36 Å². The Labute approximate surface area is 178 Å². The minimum absolute atomic E-state index is 0.209. The first kappa shape index (κ1) is 19.7. The van der Waals surface area contributed by atoms with E-state index in [-0.39, 0.29) is 24.2 Å². The molecule has 0 aliphatic heterocycles. The summed E-state index contributed by atoms with van der Waals surface area (Å²) in [6, 6.07) is 12.5. The number of nitrogens with one attached hydrogen (secondary N) is 2. The Morgan fingerprint density at radius 3 is 2.84 bits per heavy atom.